The number of fused-ring (bicyclic) bond motifs is 14. The van der Waals surface area contributed by atoms with Gasteiger partial charge in [-0.15, -0.1) is 5.10 Å². The first kappa shape index (κ1) is 34.9. The van der Waals surface area contributed by atoms with E-state index in [1.54, 1.807) is 59.4 Å². The topological polar surface area (TPSA) is 194 Å². The second kappa shape index (κ2) is 16.1. The first-order valence-electron chi connectivity index (χ1n) is 16.3. The van der Waals surface area contributed by atoms with Crippen LogP contribution in [0.2, 0.25) is 0 Å². The van der Waals surface area contributed by atoms with Crippen molar-refractivity contribution in [1.82, 2.24) is 35.8 Å². The van der Waals surface area contributed by atoms with E-state index in [0.717, 1.165) is 0 Å². The largest absolute Gasteiger partial charge is 0.492 e. The molecule has 15 heteroatoms. The van der Waals surface area contributed by atoms with Crippen molar-refractivity contribution >= 4 is 29.6 Å². The van der Waals surface area contributed by atoms with E-state index in [-0.39, 0.29) is 31.1 Å². The zero-order valence-corrected chi connectivity index (χ0v) is 27.5. The van der Waals surface area contributed by atoms with Gasteiger partial charge in [0.25, 0.3) is 5.91 Å². The summed E-state index contributed by atoms with van der Waals surface area (Å²) in [4.78, 5) is 66.8. The maximum Gasteiger partial charge on any atom is 0.326 e. The summed E-state index contributed by atoms with van der Waals surface area (Å²) >= 11 is 0. The van der Waals surface area contributed by atoms with E-state index in [0.29, 0.717) is 55.1 Å². The van der Waals surface area contributed by atoms with E-state index in [4.69, 9.17) is 9.47 Å². The van der Waals surface area contributed by atoms with Crippen LogP contribution in [-0.4, -0.2) is 92.4 Å². The fourth-order valence-electron chi connectivity index (χ4n) is 5.82. The van der Waals surface area contributed by atoms with Gasteiger partial charge in [-0.3, -0.25) is 19.2 Å². The summed E-state index contributed by atoms with van der Waals surface area (Å²) in [5, 5.41) is 25.9. The molecule has 49 heavy (non-hydrogen) atoms. The van der Waals surface area contributed by atoms with Gasteiger partial charge in [0.1, 0.15) is 48.5 Å². The van der Waals surface area contributed by atoms with Crippen molar-refractivity contribution < 1.29 is 38.6 Å². The Bertz CT molecular complexity index is 1660. The Morgan fingerprint density at radius 3 is 2.55 bits per heavy atom. The highest BCUT2D eigenvalue weighted by atomic mass is 16.5. The summed E-state index contributed by atoms with van der Waals surface area (Å²) in [6.45, 7) is 4.41. The summed E-state index contributed by atoms with van der Waals surface area (Å²) in [5.74, 6) is -2.46. The summed E-state index contributed by atoms with van der Waals surface area (Å²) in [7, 11) is 0. The molecule has 4 amide bonds. The number of carboxylic acids is 1. The highest BCUT2D eigenvalue weighted by molar-refractivity contribution is 6.00. The standard InChI is InChI=1S/C34H41N7O8/c1-21(2)16-26-33(45)41-13-5-7-28(41)32(44)35-18-30(42)36-27(34(46)47)17-22-9-11-24(12-10-22)48-15-14-40-19-23(38-39-40)20-49-29-8-4-3-6-25(29)31(43)37-26/h3-4,6,8-12,19,21,26-28H,5,7,13-18,20H2,1-2H3,(H,35,44)(H,36,42)(H,37,43)(H,46,47). The van der Waals surface area contributed by atoms with E-state index in [1.165, 1.54) is 4.90 Å². The van der Waals surface area contributed by atoms with Gasteiger partial charge in [-0.25, -0.2) is 9.48 Å². The molecule has 3 unspecified atom stereocenters. The zero-order chi connectivity index (χ0) is 34.9. The molecule has 6 rings (SSSR count). The Balaban J connectivity index is 1.38. The van der Waals surface area contributed by atoms with E-state index < -0.39 is 54.3 Å². The average Bonchev–Trinajstić information content (AvgIpc) is 3.76. The Hall–Kier alpha value is -5.47. The monoisotopic (exact) mass is 675 g/mol. The molecule has 4 bridgehead atoms. The van der Waals surface area contributed by atoms with E-state index in [1.807, 2.05) is 13.8 Å². The minimum absolute atomic E-state index is 0.0108. The lowest BCUT2D eigenvalue weighted by Crippen LogP contribution is -2.55. The third-order valence-corrected chi connectivity index (χ3v) is 8.25. The number of ether oxygens (including phenoxy) is 2. The van der Waals surface area contributed by atoms with Crippen LogP contribution in [0, 0.1) is 5.92 Å². The number of para-hydroxylation sites is 1. The number of nitrogens with one attached hydrogen (secondary N) is 3. The molecule has 3 aliphatic heterocycles. The predicted octanol–water partition coefficient (Wildman–Crippen LogP) is 1.31. The Labute approximate surface area is 283 Å². The number of benzene rings is 2. The van der Waals surface area contributed by atoms with Crippen LogP contribution in [0.4, 0.5) is 0 Å². The van der Waals surface area contributed by atoms with Gasteiger partial charge in [0, 0.05) is 13.0 Å². The first-order chi connectivity index (χ1) is 23.6. The molecule has 2 aromatic carbocycles. The maximum absolute atomic E-state index is 13.9. The first-order valence-corrected chi connectivity index (χ1v) is 16.3. The number of rotatable bonds is 3. The van der Waals surface area contributed by atoms with E-state index in [9.17, 15) is 29.1 Å². The molecule has 3 aliphatic rings. The smallest absolute Gasteiger partial charge is 0.326 e. The van der Waals surface area contributed by atoms with Crippen molar-refractivity contribution in [2.24, 2.45) is 5.92 Å². The lowest BCUT2D eigenvalue weighted by atomic mass is 10.0. The normalized spacial score (nSPS) is 21.4. The van der Waals surface area contributed by atoms with Crippen LogP contribution in [0.3, 0.4) is 0 Å². The molecule has 260 valence electrons. The van der Waals surface area contributed by atoms with Gasteiger partial charge in [-0.1, -0.05) is 43.3 Å². The molecular weight excluding hydrogens is 634 g/mol. The number of nitrogens with zero attached hydrogens (tertiary/aromatic N) is 4. The molecule has 0 aliphatic carbocycles. The number of aromatic nitrogens is 3. The van der Waals surface area contributed by atoms with Crippen LogP contribution < -0.4 is 25.4 Å². The number of carbonyl (C=O) groups is 5. The molecule has 1 fully saturated rings. The van der Waals surface area contributed by atoms with Crippen LogP contribution in [-0.2, 0) is 38.8 Å². The quantitative estimate of drug-likeness (QED) is 0.315. The van der Waals surface area contributed by atoms with Gasteiger partial charge >= 0.3 is 5.97 Å². The fraction of sp³-hybridized carbons (Fsp3) is 0.441. The molecule has 3 aromatic rings. The van der Waals surface area contributed by atoms with Gasteiger partial charge in [-0.2, -0.15) is 0 Å². The molecular formula is C34H41N7O8. The number of carboxylic acid groups (broad SMARTS) is 1. The van der Waals surface area contributed by atoms with Crippen molar-refractivity contribution in [3.05, 3.63) is 71.5 Å². The van der Waals surface area contributed by atoms with Gasteiger partial charge < -0.3 is 35.4 Å². The Kier molecular flexibility index (Phi) is 11.4. The number of hydrogen-bond acceptors (Lipinski definition) is 9. The molecule has 1 saturated heterocycles. The van der Waals surface area contributed by atoms with Crippen LogP contribution in [0.5, 0.6) is 11.5 Å². The molecule has 0 spiro atoms. The third-order valence-electron chi connectivity index (χ3n) is 8.25. The summed E-state index contributed by atoms with van der Waals surface area (Å²) in [6, 6.07) is 10.5. The molecule has 0 saturated carbocycles. The summed E-state index contributed by atoms with van der Waals surface area (Å²) in [5.41, 5.74) is 1.42. The Morgan fingerprint density at radius 2 is 1.80 bits per heavy atom. The lowest BCUT2D eigenvalue weighted by Gasteiger charge is -2.29. The van der Waals surface area contributed by atoms with Gasteiger partial charge in [0.2, 0.25) is 17.7 Å². The summed E-state index contributed by atoms with van der Waals surface area (Å²) in [6.07, 6.45) is 2.98. The van der Waals surface area contributed by atoms with Gasteiger partial charge in [0.05, 0.1) is 24.8 Å². The number of aliphatic carboxylic acids is 1. The fourth-order valence-corrected chi connectivity index (χ4v) is 5.82. The highest BCUT2D eigenvalue weighted by Gasteiger charge is 2.38. The number of amides is 4. The Morgan fingerprint density at radius 1 is 1.02 bits per heavy atom. The zero-order valence-electron chi connectivity index (χ0n) is 27.5. The average molecular weight is 676 g/mol. The predicted molar refractivity (Wildman–Crippen MR) is 174 cm³/mol. The SMILES string of the molecule is CC(C)CC1NC(=O)c2ccccc2OCc2cn(nn2)CCOc2ccc(cc2)CC(C(=O)O)NC(=O)CNC(=O)C2CCCN2C1=O. The molecule has 3 atom stereocenters. The number of hydrogen-bond donors (Lipinski definition) is 4. The summed E-state index contributed by atoms with van der Waals surface area (Å²) < 4.78 is 13.4. The van der Waals surface area contributed by atoms with Crippen LogP contribution in [0.15, 0.2) is 54.7 Å². The lowest BCUT2D eigenvalue weighted by molar-refractivity contribution is -0.142. The van der Waals surface area contributed by atoms with Gasteiger partial charge in [-0.05, 0) is 55.0 Å². The minimum Gasteiger partial charge on any atom is -0.492 e. The van der Waals surface area contributed by atoms with Crippen LogP contribution in [0.1, 0.15) is 54.7 Å². The van der Waals surface area contributed by atoms with Crippen LogP contribution in [0.25, 0.3) is 0 Å². The highest BCUT2D eigenvalue weighted by Crippen LogP contribution is 2.23. The maximum atomic E-state index is 13.9. The molecule has 4 N–H and O–H groups in total. The molecule has 15 nitrogen and oxygen atoms in total. The van der Waals surface area contributed by atoms with Crippen LogP contribution >= 0.6 is 0 Å². The molecule has 1 aromatic heterocycles. The second-order valence-corrected chi connectivity index (χ2v) is 12.5. The second-order valence-electron chi connectivity index (χ2n) is 12.5. The van der Waals surface area contributed by atoms with Crippen molar-refractivity contribution in [2.45, 2.75) is 70.8 Å². The van der Waals surface area contributed by atoms with Crippen molar-refractivity contribution in [1.29, 1.82) is 0 Å². The molecule has 0 radical (unpaired) electrons. The van der Waals surface area contributed by atoms with Crippen molar-refractivity contribution in [2.75, 3.05) is 19.7 Å². The minimum atomic E-state index is -1.24. The van der Waals surface area contributed by atoms with E-state index >= 15 is 0 Å². The molecule has 4 heterocycles. The van der Waals surface area contributed by atoms with Crippen molar-refractivity contribution in [3.63, 3.8) is 0 Å². The van der Waals surface area contributed by atoms with Gasteiger partial charge in [0.15, 0.2) is 0 Å². The van der Waals surface area contributed by atoms with Crippen molar-refractivity contribution in [3.8, 4) is 11.5 Å². The third kappa shape index (κ3) is 9.33. The number of carbonyl (C=O) groups excluding carboxylic acids is 4. The van der Waals surface area contributed by atoms with E-state index in [2.05, 4.69) is 26.3 Å².